The molecule has 0 amide bonds. The van der Waals surface area contributed by atoms with Crippen LogP contribution in [0.3, 0.4) is 0 Å². The molecule has 4 rings (SSSR count). The van der Waals surface area contributed by atoms with Gasteiger partial charge in [-0.1, -0.05) is 30.6 Å². The molecule has 0 radical (unpaired) electrons. The summed E-state index contributed by atoms with van der Waals surface area (Å²) in [5, 5.41) is 1.59. The van der Waals surface area contributed by atoms with Crippen molar-refractivity contribution in [3.63, 3.8) is 0 Å². The summed E-state index contributed by atoms with van der Waals surface area (Å²) in [7, 11) is 1.82. The smallest absolute Gasteiger partial charge is 0.219 e. The summed E-state index contributed by atoms with van der Waals surface area (Å²) in [6.45, 7) is 7.26. The molecule has 0 bridgehead atoms. The number of guanidine groups is 1. The maximum absolute atomic E-state index is 6.42. The largest absolute Gasteiger partial charge is 0.379 e. The molecule has 1 heterocycles. The quantitative estimate of drug-likeness (QED) is 0.716. The summed E-state index contributed by atoms with van der Waals surface area (Å²) in [4.78, 5) is 11.3. The van der Waals surface area contributed by atoms with Crippen LogP contribution in [-0.4, -0.2) is 36.5 Å². The number of ether oxygens (including phenoxy) is 1. The van der Waals surface area contributed by atoms with Crippen molar-refractivity contribution in [2.75, 3.05) is 13.7 Å². The standard InChI is InChI=1S/C24H33N3O2/c1-4-28-21-12-15-23(16-13-21)14-6-5-7-20(11-10-19-8-9-19)17-18(2)24(23)26-22(25)27(3)29-24/h5,7,17,19,21H,2,4,6,8-9,12-16H2,1,3H3,(H2,25,26)/b7-5-,20-17+. The molecule has 1 unspecified atom stereocenters. The summed E-state index contributed by atoms with van der Waals surface area (Å²) >= 11 is 0. The van der Waals surface area contributed by atoms with Crippen molar-refractivity contribution in [2.24, 2.45) is 22.1 Å². The Hall–Kier alpha value is -2.03. The number of hydrogen-bond acceptors (Lipinski definition) is 5. The molecule has 2 N–H and O–H groups in total. The molecule has 156 valence electrons. The van der Waals surface area contributed by atoms with E-state index in [0.29, 0.717) is 18.0 Å². The molecule has 5 heteroatoms. The third-order valence-corrected chi connectivity index (χ3v) is 6.72. The summed E-state index contributed by atoms with van der Waals surface area (Å²) in [6, 6.07) is 0. The van der Waals surface area contributed by atoms with Crippen LogP contribution < -0.4 is 5.73 Å². The average Bonchev–Trinajstić information content (AvgIpc) is 3.48. The second-order valence-electron chi connectivity index (χ2n) is 8.75. The molecule has 2 fully saturated rings. The van der Waals surface area contributed by atoms with Gasteiger partial charge in [0.2, 0.25) is 11.7 Å². The van der Waals surface area contributed by atoms with Gasteiger partial charge in [0.25, 0.3) is 0 Å². The SMILES string of the molecule is C=C1/C=C(C#CC2CC2)\C=C/CCC2(CCC(OCC)CC2)C12N=C(N)N(C)O2. The van der Waals surface area contributed by atoms with Gasteiger partial charge in [0.1, 0.15) is 0 Å². The second kappa shape index (κ2) is 8.01. The van der Waals surface area contributed by atoms with Crippen LogP contribution >= 0.6 is 0 Å². The minimum Gasteiger partial charge on any atom is -0.379 e. The molecule has 0 aromatic carbocycles. The lowest BCUT2D eigenvalue weighted by Crippen LogP contribution is -2.52. The van der Waals surface area contributed by atoms with Crippen molar-refractivity contribution in [1.82, 2.24) is 5.06 Å². The number of aliphatic imine (C=N–C) groups is 1. The molecule has 0 saturated heterocycles. The maximum atomic E-state index is 6.42. The van der Waals surface area contributed by atoms with Crippen LogP contribution in [0.15, 0.2) is 40.9 Å². The minimum atomic E-state index is -0.873. The van der Waals surface area contributed by atoms with E-state index in [1.807, 2.05) is 7.05 Å². The Labute approximate surface area is 174 Å². The Kier molecular flexibility index (Phi) is 5.59. The predicted molar refractivity (Wildman–Crippen MR) is 116 cm³/mol. The van der Waals surface area contributed by atoms with Gasteiger partial charge in [-0.25, -0.2) is 14.9 Å². The van der Waals surface area contributed by atoms with Crippen LogP contribution in [-0.2, 0) is 9.57 Å². The van der Waals surface area contributed by atoms with Gasteiger partial charge in [-0.05, 0) is 64.4 Å². The first kappa shape index (κ1) is 20.3. The normalized spacial score (nSPS) is 37.8. The number of nitrogens with two attached hydrogens (primary N) is 1. The molecular weight excluding hydrogens is 362 g/mol. The summed E-state index contributed by atoms with van der Waals surface area (Å²) in [6.07, 6.45) is 15.1. The number of allylic oxidation sites excluding steroid dienone is 3. The van der Waals surface area contributed by atoms with Crippen molar-refractivity contribution in [3.05, 3.63) is 36.0 Å². The van der Waals surface area contributed by atoms with Gasteiger partial charge in [-0.15, -0.1) is 0 Å². The number of hydrogen-bond donors (Lipinski definition) is 1. The zero-order valence-electron chi connectivity index (χ0n) is 17.7. The van der Waals surface area contributed by atoms with Crippen molar-refractivity contribution >= 4 is 5.96 Å². The van der Waals surface area contributed by atoms with E-state index in [-0.39, 0.29) is 5.41 Å². The fourth-order valence-corrected chi connectivity index (χ4v) is 4.88. The predicted octanol–water partition coefficient (Wildman–Crippen LogP) is 4.09. The van der Waals surface area contributed by atoms with E-state index in [1.165, 1.54) is 12.8 Å². The Morgan fingerprint density at radius 1 is 1.31 bits per heavy atom. The van der Waals surface area contributed by atoms with E-state index in [9.17, 15) is 0 Å². The van der Waals surface area contributed by atoms with Crippen LogP contribution in [0.5, 0.6) is 0 Å². The molecule has 4 aliphatic rings. The number of fused-ring (bicyclic) bond motifs is 1. The van der Waals surface area contributed by atoms with E-state index in [1.54, 1.807) is 5.06 Å². The van der Waals surface area contributed by atoms with Crippen LogP contribution in [0.1, 0.15) is 58.3 Å². The van der Waals surface area contributed by atoms with Gasteiger partial charge < -0.3 is 10.5 Å². The molecule has 0 aromatic heterocycles. The zero-order chi connectivity index (χ0) is 20.5. The Morgan fingerprint density at radius 3 is 2.69 bits per heavy atom. The summed E-state index contributed by atoms with van der Waals surface area (Å²) < 4.78 is 5.92. The van der Waals surface area contributed by atoms with Crippen molar-refractivity contribution in [3.8, 4) is 11.8 Å². The first-order valence-corrected chi connectivity index (χ1v) is 11.0. The third kappa shape index (κ3) is 3.89. The van der Waals surface area contributed by atoms with Crippen molar-refractivity contribution in [2.45, 2.75) is 70.1 Å². The van der Waals surface area contributed by atoms with Crippen LogP contribution in [0.25, 0.3) is 0 Å². The highest BCUT2D eigenvalue weighted by Crippen LogP contribution is 2.56. The average molecular weight is 396 g/mol. The molecule has 1 aliphatic heterocycles. The van der Waals surface area contributed by atoms with Gasteiger partial charge in [-0.3, -0.25) is 0 Å². The van der Waals surface area contributed by atoms with Crippen LogP contribution in [0.4, 0.5) is 0 Å². The van der Waals surface area contributed by atoms with Gasteiger partial charge in [-0.2, -0.15) is 0 Å². The Morgan fingerprint density at radius 2 is 2.07 bits per heavy atom. The third-order valence-electron chi connectivity index (χ3n) is 6.72. The Bertz CT molecular complexity index is 804. The highest BCUT2D eigenvalue weighted by atomic mass is 16.7. The molecule has 29 heavy (non-hydrogen) atoms. The van der Waals surface area contributed by atoms with Gasteiger partial charge in [0, 0.05) is 36.1 Å². The fourth-order valence-electron chi connectivity index (χ4n) is 4.88. The molecule has 3 aliphatic carbocycles. The lowest BCUT2D eigenvalue weighted by atomic mass is 9.62. The fraction of sp³-hybridized carbons (Fsp3) is 0.625. The number of rotatable bonds is 2. The van der Waals surface area contributed by atoms with Crippen molar-refractivity contribution < 1.29 is 9.57 Å². The second-order valence-corrected chi connectivity index (χ2v) is 8.75. The van der Waals surface area contributed by atoms with E-state index in [2.05, 4.69) is 43.6 Å². The van der Waals surface area contributed by atoms with Gasteiger partial charge >= 0.3 is 0 Å². The van der Waals surface area contributed by atoms with E-state index < -0.39 is 5.72 Å². The molecular formula is C24H33N3O2. The number of hydroxylamine groups is 2. The topological polar surface area (TPSA) is 60.1 Å². The van der Waals surface area contributed by atoms with E-state index in [4.69, 9.17) is 20.3 Å². The lowest BCUT2D eigenvalue weighted by molar-refractivity contribution is -0.214. The maximum Gasteiger partial charge on any atom is 0.219 e. The monoisotopic (exact) mass is 395 g/mol. The molecule has 2 saturated carbocycles. The van der Waals surface area contributed by atoms with E-state index in [0.717, 1.165) is 56.3 Å². The first-order valence-electron chi connectivity index (χ1n) is 11.0. The molecule has 1 atom stereocenters. The molecule has 5 nitrogen and oxygen atoms in total. The Balaban J connectivity index is 1.71. The minimum absolute atomic E-state index is 0.159. The molecule has 2 spiro atoms. The van der Waals surface area contributed by atoms with Crippen LogP contribution in [0.2, 0.25) is 0 Å². The summed E-state index contributed by atoms with van der Waals surface area (Å²) in [5.74, 6) is 7.68. The zero-order valence-corrected chi connectivity index (χ0v) is 17.7. The molecule has 0 aromatic rings. The first-order chi connectivity index (χ1) is 14.0. The highest BCUT2D eigenvalue weighted by Gasteiger charge is 2.58. The van der Waals surface area contributed by atoms with E-state index >= 15 is 0 Å². The lowest BCUT2D eigenvalue weighted by Gasteiger charge is -2.49. The number of nitrogens with zero attached hydrogens (tertiary/aromatic N) is 2. The highest BCUT2D eigenvalue weighted by molar-refractivity contribution is 5.79. The van der Waals surface area contributed by atoms with Crippen molar-refractivity contribution in [1.29, 1.82) is 0 Å². The van der Waals surface area contributed by atoms with Gasteiger partial charge in [0.15, 0.2) is 0 Å². The summed E-state index contributed by atoms with van der Waals surface area (Å²) in [5.41, 5.74) is 6.99. The van der Waals surface area contributed by atoms with Crippen LogP contribution in [0, 0.1) is 23.2 Å². The van der Waals surface area contributed by atoms with Gasteiger partial charge in [0.05, 0.1) is 6.10 Å².